The topological polar surface area (TPSA) is 31.4 Å². The van der Waals surface area contributed by atoms with Crippen molar-refractivity contribution in [3.8, 4) is 0 Å². The summed E-state index contributed by atoms with van der Waals surface area (Å²) in [7, 11) is 2.19. The fourth-order valence-corrected chi connectivity index (χ4v) is 2.12. The van der Waals surface area contributed by atoms with Gasteiger partial charge in [0.05, 0.1) is 6.67 Å². The van der Waals surface area contributed by atoms with E-state index < -0.39 is 0 Å². The van der Waals surface area contributed by atoms with Crippen LogP contribution in [0.5, 0.6) is 0 Å². The van der Waals surface area contributed by atoms with Gasteiger partial charge in [-0.25, -0.2) is 0 Å². The number of nitrogens with one attached hydrogen (secondary N) is 1. The molecule has 1 aromatic rings. The van der Waals surface area contributed by atoms with E-state index in [-0.39, 0.29) is 0 Å². The summed E-state index contributed by atoms with van der Waals surface area (Å²) in [6.07, 6.45) is 2.90. The Labute approximate surface area is 104 Å². The highest BCUT2D eigenvalue weighted by molar-refractivity contribution is 5.03. The van der Waals surface area contributed by atoms with Gasteiger partial charge >= 0.3 is 0 Å². The van der Waals surface area contributed by atoms with Crippen LogP contribution in [0.15, 0.2) is 24.4 Å². The lowest BCUT2D eigenvalue weighted by atomic mass is 10.2. The van der Waals surface area contributed by atoms with Crippen molar-refractivity contribution < 1.29 is 0 Å². The summed E-state index contributed by atoms with van der Waals surface area (Å²) in [4.78, 5) is 9.22. The van der Waals surface area contributed by atoms with Crippen LogP contribution in [0, 0.1) is 0 Å². The van der Waals surface area contributed by atoms with Crippen molar-refractivity contribution in [2.45, 2.75) is 6.42 Å². The minimum Gasteiger partial charge on any atom is -0.314 e. The van der Waals surface area contributed by atoms with Gasteiger partial charge in [-0.3, -0.25) is 14.8 Å². The second kappa shape index (κ2) is 6.69. The molecule has 17 heavy (non-hydrogen) atoms. The molecule has 94 valence electrons. The van der Waals surface area contributed by atoms with Gasteiger partial charge in [-0.15, -0.1) is 0 Å². The van der Waals surface area contributed by atoms with Crippen LogP contribution < -0.4 is 5.32 Å². The smallest absolute Gasteiger partial charge is 0.0504 e. The maximum Gasteiger partial charge on any atom is 0.0504 e. The Morgan fingerprint density at radius 2 is 2.18 bits per heavy atom. The number of likely N-dealkylation sites (N-methyl/N-ethyl adjacent to an activating group) is 1. The van der Waals surface area contributed by atoms with Crippen LogP contribution in [-0.4, -0.2) is 61.2 Å². The van der Waals surface area contributed by atoms with Gasteiger partial charge < -0.3 is 5.32 Å². The molecule has 0 amide bonds. The largest absolute Gasteiger partial charge is 0.314 e. The van der Waals surface area contributed by atoms with Crippen molar-refractivity contribution in [2.24, 2.45) is 0 Å². The quantitative estimate of drug-likeness (QED) is 0.800. The third-order valence-corrected chi connectivity index (χ3v) is 3.13. The van der Waals surface area contributed by atoms with E-state index in [1.165, 1.54) is 5.69 Å². The van der Waals surface area contributed by atoms with Crippen LogP contribution in [0.1, 0.15) is 5.69 Å². The number of hydrogen-bond acceptors (Lipinski definition) is 4. The second-order valence-corrected chi connectivity index (χ2v) is 4.66. The maximum atomic E-state index is 4.35. The highest BCUT2D eigenvalue weighted by Gasteiger charge is 2.11. The van der Waals surface area contributed by atoms with Gasteiger partial charge in [0, 0.05) is 51.0 Å². The van der Waals surface area contributed by atoms with Gasteiger partial charge in [-0.05, 0) is 19.2 Å². The van der Waals surface area contributed by atoms with Gasteiger partial charge in [0.1, 0.15) is 0 Å². The highest BCUT2D eigenvalue weighted by atomic mass is 15.3. The Morgan fingerprint density at radius 1 is 1.35 bits per heavy atom. The molecule has 0 unspecified atom stereocenters. The Morgan fingerprint density at radius 3 is 2.88 bits per heavy atom. The first-order valence-corrected chi connectivity index (χ1v) is 6.36. The first-order chi connectivity index (χ1) is 8.34. The van der Waals surface area contributed by atoms with E-state index >= 15 is 0 Å². The van der Waals surface area contributed by atoms with Crippen LogP contribution in [0.3, 0.4) is 0 Å². The predicted molar refractivity (Wildman–Crippen MR) is 69.9 cm³/mol. The second-order valence-electron chi connectivity index (χ2n) is 4.66. The van der Waals surface area contributed by atoms with E-state index in [2.05, 4.69) is 39.3 Å². The fourth-order valence-electron chi connectivity index (χ4n) is 2.12. The zero-order valence-electron chi connectivity index (χ0n) is 10.6. The zero-order valence-corrected chi connectivity index (χ0v) is 10.6. The number of piperazine rings is 1. The number of hydrogen-bond donors (Lipinski definition) is 1. The van der Waals surface area contributed by atoms with Crippen molar-refractivity contribution in [2.75, 3.05) is 46.4 Å². The molecule has 2 heterocycles. The van der Waals surface area contributed by atoms with E-state index in [9.17, 15) is 0 Å². The molecule has 0 bridgehead atoms. The number of nitrogens with zero attached hydrogens (tertiary/aromatic N) is 3. The first kappa shape index (κ1) is 12.5. The highest BCUT2D eigenvalue weighted by Crippen LogP contribution is 1.99. The monoisotopic (exact) mass is 234 g/mol. The summed E-state index contributed by atoms with van der Waals surface area (Å²) < 4.78 is 0. The standard InChI is InChI=1S/C13H22N4/c1-16(12-17-10-7-14-8-11-17)9-5-13-4-2-3-6-15-13/h2-4,6,14H,5,7-12H2,1H3. The van der Waals surface area contributed by atoms with E-state index in [4.69, 9.17) is 0 Å². The van der Waals surface area contributed by atoms with Gasteiger partial charge in [-0.1, -0.05) is 6.07 Å². The molecule has 0 atom stereocenters. The normalized spacial score (nSPS) is 17.5. The third-order valence-electron chi connectivity index (χ3n) is 3.13. The molecule has 0 aliphatic carbocycles. The molecule has 1 aliphatic rings. The summed E-state index contributed by atoms with van der Waals surface area (Å²) in [5, 5.41) is 3.38. The van der Waals surface area contributed by atoms with Crippen molar-refractivity contribution in [3.63, 3.8) is 0 Å². The lowest BCUT2D eigenvalue weighted by molar-refractivity contribution is 0.140. The van der Waals surface area contributed by atoms with E-state index in [0.29, 0.717) is 0 Å². The molecule has 0 radical (unpaired) electrons. The molecule has 1 aliphatic heterocycles. The molecule has 1 saturated heterocycles. The molecule has 4 nitrogen and oxygen atoms in total. The number of rotatable bonds is 5. The van der Waals surface area contributed by atoms with Gasteiger partial charge in [-0.2, -0.15) is 0 Å². The Hall–Kier alpha value is -0.970. The molecule has 4 heteroatoms. The molecule has 0 saturated carbocycles. The Bertz CT molecular complexity index is 308. The van der Waals surface area contributed by atoms with Crippen LogP contribution >= 0.6 is 0 Å². The lowest BCUT2D eigenvalue weighted by Gasteiger charge is -2.31. The van der Waals surface area contributed by atoms with Gasteiger partial charge in [0.25, 0.3) is 0 Å². The average molecular weight is 234 g/mol. The van der Waals surface area contributed by atoms with Crippen LogP contribution in [-0.2, 0) is 6.42 Å². The average Bonchev–Trinajstić information content (AvgIpc) is 2.39. The summed E-state index contributed by atoms with van der Waals surface area (Å²) in [5.41, 5.74) is 1.18. The summed E-state index contributed by atoms with van der Waals surface area (Å²) in [6.45, 7) is 6.69. The van der Waals surface area contributed by atoms with Gasteiger partial charge in [0.15, 0.2) is 0 Å². The molecule has 0 aromatic carbocycles. The third kappa shape index (κ3) is 4.42. The lowest BCUT2D eigenvalue weighted by Crippen LogP contribution is -2.47. The molecule has 2 rings (SSSR count). The first-order valence-electron chi connectivity index (χ1n) is 6.36. The molecular weight excluding hydrogens is 212 g/mol. The molecule has 0 spiro atoms. The van der Waals surface area contributed by atoms with E-state index in [0.717, 1.165) is 45.8 Å². The van der Waals surface area contributed by atoms with Gasteiger partial charge in [0.2, 0.25) is 0 Å². The molecule has 1 fully saturated rings. The maximum absolute atomic E-state index is 4.35. The minimum absolute atomic E-state index is 1.03. The minimum atomic E-state index is 1.03. The molecule has 1 N–H and O–H groups in total. The predicted octanol–water partition coefficient (Wildman–Crippen LogP) is 0.419. The summed E-state index contributed by atoms with van der Waals surface area (Å²) in [5.74, 6) is 0. The van der Waals surface area contributed by atoms with E-state index in [1.54, 1.807) is 0 Å². The molecular formula is C13H22N4. The van der Waals surface area contributed by atoms with E-state index in [1.807, 2.05) is 12.3 Å². The molecule has 1 aromatic heterocycles. The zero-order chi connectivity index (χ0) is 11.9. The number of aromatic nitrogens is 1. The van der Waals surface area contributed by atoms with Crippen LogP contribution in [0.4, 0.5) is 0 Å². The Balaban J connectivity index is 1.68. The van der Waals surface area contributed by atoms with Crippen molar-refractivity contribution >= 4 is 0 Å². The number of pyridine rings is 1. The van der Waals surface area contributed by atoms with Crippen LogP contribution in [0.25, 0.3) is 0 Å². The van der Waals surface area contributed by atoms with Crippen molar-refractivity contribution in [1.82, 2.24) is 20.1 Å². The SMILES string of the molecule is CN(CCc1ccccn1)CN1CCNCC1. The summed E-state index contributed by atoms with van der Waals surface area (Å²) in [6, 6.07) is 6.12. The van der Waals surface area contributed by atoms with Crippen LogP contribution in [0.2, 0.25) is 0 Å². The van der Waals surface area contributed by atoms with Crippen molar-refractivity contribution in [1.29, 1.82) is 0 Å². The fraction of sp³-hybridized carbons (Fsp3) is 0.615. The Kier molecular flexibility index (Phi) is 4.91. The summed E-state index contributed by atoms with van der Waals surface area (Å²) >= 11 is 0. The van der Waals surface area contributed by atoms with Crippen molar-refractivity contribution in [3.05, 3.63) is 30.1 Å².